The Morgan fingerprint density at radius 2 is 2.05 bits per heavy atom. The monoisotopic (exact) mass is 303 g/mol. The van der Waals surface area contributed by atoms with Crippen LogP contribution in [0.3, 0.4) is 0 Å². The summed E-state index contributed by atoms with van der Waals surface area (Å²) in [5.41, 5.74) is -1.40. The van der Waals surface area contributed by atoms with Crippen LogP contribution in [0, 0.1) is 0 Å². The minimum atomic E-state index is -0.881. The molecule has 0 bridgehead atoms. The van der Waals surface area contributed by atoms with Crippen LogP contribution in [-0.2, 0) is 9.53 Å². The van der Waals surface area contributed by atoms with Gasteiger partial charge in [-0.25, -0.2) is 9.59 Å². The number of thioether (sulfide) groups is 1. The highest BCUT2D eigenvalue weighted by atomic mass is 32.2. The van der Waals surface area contributed by atoms with Crippen molar-refractivity contribution >= 4 is 29.8 Å². The second-order valence-corrected chi connectivity index (χ2v) is 6.83. The lowest BCUT2D eigenvalue weighted by atomic mass is 10.1. The number of urea groups is 1. The van der Waals surface area contributed by atoms with E-state index in [1.807, 2.05) is 0 Å². The number of rotatable bonds is 5. The van der Waals surface area contributed by atoms with Gasteiger partial charge in [0.25, 0.3) is 5.91 Å². The molecule has 1 unspecified atom stereocenters. The predicted octanol–water partition coefficient (Wildman–Crippen LogP) is 0.842. The van der Waals surface area contributed by atoms with Crippen LogP contribution in [0.5, 0.6) is 0 Å². The topological polar surface area (TPSA) is 96.5 Å². The summed E-state index contributed by atoms with van der Waals surface area (Å²) in [6, 6.07) is -0.468. The van der Waals surface area contributed by atoms with Crippen LogP contribution in [-0.4, -0.2) is 47.2 Å². The van der Waals surface area contributed by atoms with E-state index >= 15 is 0 Å². The van der Waals surface area contributed by atoms with E-state index in [0.29, 0.717) is 18.1 Å². The number of ether oxygens (including phenoxy) is 1. The Morgan fingerprint density at radius 1 is 1.40 bits per heavy atom. The standard InChI is InChI=1S/C12H21N3O4S/c1-11(2,3)19-10(18)13-5-6-20-7-12(4)8(16)14-9(17)15-12/h5-7H2,1-4H3,(H,13,18)(H2,14,15,16,17). The first-order valence-electron chi connectivity index (χ1n) is 6.31. The summed E-state index contributed by atoms with van der Waals surface area (Å²) >= 11 is 1.47. The van der Waals surface area contributed by atoms with Crippen LogP contribution >= 0.6 is 11.8 Å². The Kier molecular flexibility index (Phi) is 5.27. The molecular weight excluding hydrogens is 282 g/mol. The van der Waals surface area contributed by atoms with Gasteiger partial charge >= 0.3 is 12.1 Å². The quantitative estimate of drug-likeness (QED) is 0.516. The summed E-state index contributed by atoms with van der Waals surface area (Å²) in [7, 11) is 0. The SMILES string of the molecule is CC(C)(C)OC(=O)NCCSCC1(C)NC(=O)NC1=O. The van der Waals surface area contributed by atoms with Gasteiger partial charge in [0.05, 0.1) is 0 Å². The van der Waals surface area contributed by atoms with Crippen LogP contribution in [0.25, 0.3) is 0 Å². The van der Waals surface area contributed by atoms with Gasteiger partial charge in [-0.2, -0.15) is 11.8 Å². The predicted molar refractivity (Wildman–Crippen MR) is 76.6 cm³/mol. The largest absolute Gasteiger partial charge is 0.444 e. The van der Waals surface area contributed by atoms with E-state index in [4.69, 9.17) is 4.74 Å². The molecule has 0 aromatic heterocycles. The Morgan fingerprint density at radius 3 is 2.55 bits per heavy atom. The number of carbonyl (C=O) groups is 3. The maximum Gasteiger partial charge on any atom is 0.407 e. The summed E-state index contributed by atoms with van der Waals surface area (Å²) in [6.45, 7) is 7.49. The van der Waals surface area contributed by atoms with Gasteiger partial charge in [-0.1, -0.05) is 0 Å². The number of amides is 4. The van der Waals surface area contributed by atoms with Crippen LogP contribution in [0.15, 0.2) is 0 Å². The fourth-order valence-electron chi connectivity index (χ4n) is 1.50. The van der Waals surface area contributed by atoms with Crippen molar-refractivity contribution in [2.75, 3.05) is 18.1 Å². The second kappa shape index (κ2) is 6.34. The minimum Gasteiger partial charge on any atom is -0.444 e. The zero-order valence-corrected chi connectivity index (χ0v) is 13.0. The van der Waals surface area contributed by atoms with E-state index in [2.05, 4.69) is 16.0 Å². The van der Waals surface area contributed by atoms with Crippen molar-refractivity contribution in [3.63, 3.8) is 0 Å². The van der Waals surface area contributed by atoms with Gasteiger partial charge in [-0.3, -0.25) is 10.1 Å². The highest BCUT2D eigenvalue weighted by Crippen LogP contribution is 2.16. The molecule has 0 aromatic rings. The average Bonchev–Trinajstić information content (AvgIpc) is 2.49. The zero-order valence-electron chi connectivity index (χ0n) is 12.2. The van der Waals surface area contributed by atoms with Gasteiger partial charge in [0, 0.05) is 18.1 Å². The van der Waals surface area contributed by atoms with Crippen molar-refractivity contribution in [1.29, 1.82) is 0 Å². The molecule has 7 nitrogen and oxygen atoms in total. The molecule has 8 heteroatoms. The lowest BCUT2D eigenvalue weighted by molar-refractivity contribution is -0.122. The normalized spacial score (nSPS) is 22.2. The van der Waals surface area contributed by atoms with Crippen molar-refractivity contribution in [2.45, 2.75) is 38.8 Å². The third-order valence-corrected chi connectivity index (χ3v) is 3.70. The average molecular weight is 303 g/mol. The van der Waals surface area contributed by atoms with E-state index < -0.39 is 23.3 Å². The molecule has 1 rings (SSSR count). The van der Waals surface area contributed by atoms with Crippen LogP contribution in [0.2, 0.25) is 0 Å². The molecule has 0 spiro atoms. The van der Waals surface area contributed by atoms with E-state index in [1.165, 1.54) is 11.8 Å². The van der Waals surface area contributed by atoms with E-state index in [9.17, 15) is 14.4 Å². The third kappa shape index (κ3) is 5.28. The molecule has 1 atom stereocenters. The Labute approximate surface area is 122 Å². The van der Waals surface area contributed by atoms with Gasteiger partial charge in [0.2, 0.25) is 0 Å². The molecule has 0 aromatic carbocycles. The van der Waals surface area contributed by atoms with Crippen molar-refractivity contribution in [2.24, 2.45) is 0 Å². The van der Waals surface area contributed by atoms with Gasteiger partial charge in [-0.05, 0) is 27.7 Å². The molecule has 3 N–H and O–H groups in total. The zero-order chi connectivity index (χ0) is 15.4. The van der Waals surface area contributed by atoms with Crippen molar-refractivity contribution < 1.29 is 19.1 Å². The van der Waals surface area contributed by atoms with Crippen LogP contribution < -0.4 is 16.0 Å². The van der Waals surface area contributed by atoms with Crippen LogP contribution in [0.1, 0.15) is 27.7 Å². The molecule has 114 valence electrons. The highest BCUT2D eigenvalue weighted by Gasteiger charge is 2.41. The first kappa shape index (κ1) is 16.6. The second-order valence-electron chi connectivity index (χ2n) is 5.72. The number of hydrogen-bond donors (Lipinski definition) is 3. The van der Waals surface area contributed by atoms with Gasteiger partial charge in [0.15, 0.2) is 0 Å². The summed E-state index contributed by atoms with van der Waals surface area (Å²) in [5, 5.41) is 7.41. The Hall–Kier alpha value is -1.44. The maximum atomic E-state index is 11.5. The summed E-state index contributed by atoms with van der Waals surface area (Å²) in [5.74, 6) is 0.744. The molecule has 0 aliphatic carbocycles. The molecule has 1 saturated heterocycles. The van der Waals surface area contributed by atoms with Crippen molar-refractivity contribution in [1.82, 2.24) is 16.0 Å². The molecule has 1 heterocycles. The fourth-order valence-corrected chi connectivity index (χ4v) is 2.50. The number of carbonyl (C=O) groups excluding carboxylic acids is 3. The maximum absolute atomic E-state index is 11.5. The highest BCUT2D eigenvalue weighted by molar-refractivity contribution is 7.99. The third-order valence-electron chi connectivity index (χ3n) is 2.42. The first-order chi connectivity index (χ1) is 9.12. The smallest absolute Gasteiger partial charge is 0.407 e. The summed E-state index contributed by atoms with van der Waals surface area (Å²) < 4.78 is 5.09. The molecule has 1 fully saturated rings. The number of nitrogens with one attached hydrogen (secondary N) is 3. The molecule has 0 radical (unpaired) electrons. The molecule has 20 heavy (non-hydrogen) atoms. The number of imide groups is 1. The lowest BCUT2D eigenvalue weighted by Crippen LogP contribution is -2.46. The number of alkyl carbamates (subject to hydrolysis) is 1. The number of hydrogen-bond acceptors (Lipinski definition) is 5. The van der Waals surface area contributed by atoms with Gasteiger partial charge in [0.1, 0.15) is 11.1 Å². The van der Waals surface area contributed by atoms with E-state index in [-0.39, 0.29) is 5.91 Å². The molecule has 1 aliphatic heterocycles. The first-order valence-corrected chi connectivity index (χ1v) is 7.46. The van der Waals surface area contributed by atoms with Gasteiger partial charge < -0.3 is 15.4 Å². The van der Waals surface area contributed by atoms with Gasteiger partial charge in [-0.15, -0.1) is 0 Å². The minimum absolute atomic E-state index is 0.324. The van der Waals surface area contributed by atoms with E-state index in [1.54, 1.807) is 27.7 Å². The molecule has 1 aliphatic rings. The summed E-state index contributed by atoms with van der Waals surface area (Å²) in [6.07, 6.45) is -0.462. The summed E-state index contributed by atoms with van der Waals surface area (Å²) in [4.78, 5) is 34.0. The van der Waals surface area contributed by atoms with E-state index in [0.717, 1.165) is 0 Å². The molecule has 0 saturated carbocycles. The Balaban J connectivity index is 2.18. The Bertz CT molecular complexity index is 408. The lowest BCUT2D eigenvalue weighted by Gasteiger charge is -2.21. The fraction of sp³-hybridized carbons (Fsp3) is 0.750. The molecule has 4 amide bonds. The van der Waals surface area contributed by atoms with Crippen LogP contribution in [0.4, 0.5) is 9.59 Å². The molecular formula is C12H21N3O4S. The van der Waals surface area contributed by atoms with Crippen molar-refractivity contribution in [3.8, 4) is 0 Å². The van der Waals surface area contributed by atoms with Crippen molar-refractivity contribution in [3.05, 3.63) is 0 Å².